The summed E-state index contributed by atoms with van der Waals surface area (Å²) in [5, 5.41) is 2.58. The lowest BCUT2D eigenvalue weighted by Gasteiger charge is -2.26. The normalized spacial score (nSPS) is 16.9. The summed E-state index contributed by atoms with van der Waals surface area (Å²) in [4.78, 5) is 23.3. The number of anilines is 1. The molecule has 1 saturated heterocycles. The molecule has 25 heavy (non-hydrogen) atoms. The Labute approximate surface area is 147 Å². The van der Waals surface area contributed by atoms with Gasteiger partial charge in [0.2, 0.25) is 10.0 Å². The third kappa shape index (κ3) is 5.00. The Balaban J connectivity index is 2.02. The molecule has 138 valence electrons. The second-order valence-corrected chi connectivity index (χ2v) is 7.45. The zero-order valence-corrected chi connectivity index (χ0v) is 15.0. The molecule has 1 aromatic carbocycles. The molecule has 8 nitrogen and oxygen atoms in total. The first-order valence-corrected chi connectivity index (χ1v) is 9.47. The second kappa shape index (κ2) is 8.41. The van der Waals surface area contributed by atoms with E-state index in [-0.39, 0.29) is 11.3 Å². The third-order valence-electron chi connectivity index (χ3n) is 3.70. The molecule has 1 N–H and O–H groups in total. The highest BCUT2D eigenvalue weighted by molar-refractivity contribution is 7.89. The van der Waals surface area contributed by atoms with Gasteiger partial charge in [0.1, 0.15) is 0 Å². The number of nitrogens with zero attached hydrogens (tertiary/aromatic N) is 1. The van der Waals surface area contributed by atoms with Gasteiger partial charge in [-0.05, 0) is 31.2 Å². The number of hydrogen-bond acceptors (Lipinski definition) is 6. The van der Waals surface area contributed by atoms with Crippen LogP contribution < -0.4 is 5.32 Å². The molecular formula is C16H22N2O6S. The minimum atomic E-state index is -3.57. The molecule has 0 bridgehead atoms. The Morgan fingerprint density at radius 1 is 1.24 bits per heavy atom. The summed E-state index contributed by atoms with van der Waals surface area (Å²) in [6.45, 7) is 4.51. The summed E-state index contributed by atoms with van der Waals surface area (Å²) < 4.78 is 36.5. The topological polar surface area (TPSA) is 102 Å². The van der Waals surface area contributed by atoms with Gasteiger partial charge in [0, 0.05) is 25.2 Å². The summed E-state index contributed by atoms with van der Waals surface area (Å²) >= 11 is 0. The van der Waals surface area contributed by atoms with Gasteiger partial charge in [-0.25, -0.2) is 8.42 Å². The molecule has 1 aliphatic heterocycles. The van der Waals surface area contributed by atoms with Crippen LogP contribution in [0, 0.1) is 0 Å². The number of esters is 1. The fourth-order valence-corrected chi connectivity index (χ4v) is 3.63. The molecule has 2 rings (SSSR count). The van der Waals surface area contributed by atoms with Crippen LogP contribution in [0.4, 0.5) is 5.69 Å². The minimum Gasteiger partial charge on any atom is -0.453 e. The van der Waals surface area contributed by atoms with E-state index in [2.05, 4.69) is 5.32 Å². The molecule has 9 heteroatoms. The predicted molar refractivity (Wildman–Crippen MR) is 90.5 cm³/mol. The molecule has 1 amide bonds. The van der Waals surface area contributed by atoms with Gasteiger partial charge >= 0.3 is 5.97 Å². The van der Waals surface area contributed by atoms with Crippen LogP contribution in [0.2, 0.25) is 0 Å². The largest absolute Gasteiger partial charge is 0.453 e. The van der Waals surface area contributed by atoms with Crippen molar-refractivity contribution in [3.63, 3.8) is 0 Å². The Morgan fingerprint density at radius 2 is 1.84 bits per heavy atom. The lowest BCUT2D eigenvalue weighted by Crippen LogP contribution is -2.40. The van der Waals surface area contributed by atoms with E-state index < -0.39 is 28.0 Å². The van der Waals surface area contributed by atoms with Crippen LogP contribution >= 0.6 is 0 Å². The molecule has 1 heterocycles. The Hall–Kier alpha value is -1.97. The number of hydrogen-bond donors (Lipinski definition) is 1. The first kappa shape index (κ1) is 19.4. The first-order chi connectivity index (χ1) is 11.8. The van der Waals surface area contributed by atoms with Crippen molar-refractivity contribution in [1.29, 1.82) is 0 Å². The van der Waals surface area contributed by atoms with Crippen LogP contribution in [0.25, 0.3) is 0 Å². The summed E-state index contributed by atoms with van der Waals surface area (Å²) in [6.07, 6.45) is -0.740. The van der Waals surface area contributed by atoms with Crippen molar-refractivity contribution >= 4 is 27.6 Å². The Kier molecular flexibility index (Phi) is 6.51. The van der Waals surface area contributed by atoms with Gasteiger partial charge in [-0.3, -0.25) is 9.59 Å². The summed E-state index contributed by atoms with van der Waals surface area (Å²) in [5.41, 5.74) is 0.422. The number of nitrogens with one attached hydrogen (secondary N) is 1. The van der Waals surface area contributed by atoms with E-state index in [1.54, 1.807) is 6.92 Å². The van der Waals surface area contributed by atoms with Gasteiger partial charge < -0.3 is 14.8 Å². The highest BCUT2D eigenvalue weighted by Crippen LogP contribution is 2.19. The number of amides is 1. The zero-order chi connectivity index (χ0) is 18.4. The highest BCUT2D eigenvalue weighted by Gasteiger charge is 2.26. The fourth-order valence-electron chi connectivity index (χ4n) is 2.22. The van der Waals surface area contributed by atoms with Crippen molar-refractivity contribution in [2.75, 3.05) is 31.6 Å². The molecular weight excluding hydrogens is 348 g/mol. The average molecular weight is 370 g/mol. The third-order valence-corrected chi connectivity index (χ3v) is 5.61. The van der Waals surface area contributed by atoms with Gasteiger partial charge in [0.05, 0.1) is 18.1 Å². The number of rotatable bonds is 6. The second-order valence-electron chi connectivity index (χ2n) is 5.52. The number of carbonyl (C=O) groups is 2. The summed E-state index contributed by atoms with van der Waals surface area (Å²) in [6, 6.07) is 5.87. The van der Waals surface area contributed by atoms with Gasteiger partial charge in [-0.2, -0.15) is 4.31 Å². The molecule has 1 fully saturated rings. The Morgan fingerprint density at radius 3 is 2.40 bits per heavy atom. The van der Waals surface area contributed by atoms with Crippen LogP contribution in [0.3, 0.4) is 0 Å². The Bertz CT molecular complexity index is 711. The molecule has 0 spiro atoms. The maximum atomic E-state index is 12.5. The summed E-state index contributed by atoms with van der Waals surface area (Å²) in [7, 11) is -3.57. The molecule has 1 unspecified atom stereocenters. The number of morpholine rings is 1. The van der Waals surface area contributed by atoms with Crippen molar-refractivity contribution < 1.29 is 27.5 Å². The van der Waals surface area contributed by atoms with Crippen LogP contribution in [-0.2, 0) is 29.1 Å². The SMILES string of the molecule is CCC(=O)OC(C)C(=O)Nc1ccc(S(=O)(=O)N2CCOCC2)cc1. The van der Waals surface area contributed by atoms with E-state index in [0.717, 1.165) is 0 Å². The highest BCUT2D eigenvalue weighted by atomic mass is 32.2. The number of benzene rings is 1. The van der Waals surface area contributed by atoms with Crippen molar-refractivity contribution in [3.05, 3.63) is 24.3 Å². The van der Waals surface area contributed by atoms with Crippen molar-refractivity contribution in [2.45, 2.75) is 31.3 Å². The van der Waals surface area contributed by atoms with Crippen LogP contribution in [0.5, 0.6) is 0 Å². The van der Waals surface area contributed by atoms with Crippen molar-refractivity contribution in [3.8, 4) is 0 Å². The van der Waals surface area contributed by atoms with Crippen LogP contribution in [0.15, 0.2) is 29.2 Å². The molecule has 0 radical (unpaired) electrons. The van der Waals surface area contributed by atoms with E-state index in [1.807, 2.05) is 0 Å². The minimum absolute atomic E-state index is 0.151. The average Bonchev–Trinajstić information content (AvgIpc) is 2.62. The standard InChI is InChI=1S/C16H22N2O6S/c1-3-15(19)24-12(2)16(20)17-13-4-6-14(7-5-13)25(21,22)18-8-10-23-11-9-18/h4-7,12H,3,8-11H2,1-2H3,(H,17,20). The van der Waals surface area contributed by atoms with E-state index in [4.69, 9.17) is 9.47 Å². The van der Waals surface area contributed by atoms with Gasteiger partial charge in [-0.15, -0.1) is 0 Å². The molecule has 1 aliphatic rings. The van der Waals surface area contributed by atoms with E-state index in [9.17, 15) is 18.0 Å². The zero-order valence-electron chi connectivity index (χ0n) is 14.2. The van der Waals surface area contributed by atoms with E-state index in [1.165, 1.54) is 35.5 Å². The van der Waals surface area contributed by atoms with E-state index in [0.29, 0.717) is 32.0 Å². The summed E-state index contributed by atoms with van der Waals surface area (Å²) in [5.74, 6) is -0.944. The fraction of sp³-hybridized carbons (Fsp3) is 0.500. The smallest absolute Gasteiger partial charge is 0.306 e. The van der Waals surface area contributed by atoms with Gasteiger partial charge in [-0.1, -0.05) is 6.92 Å². The number of sulfonamides is 1. The molecule has 0 saturated carbocycles. The van der Waals surface area contributed by atoms with Gasteiger partial charge in [0.15, 0.2) is 6.10 Å². The quantitative estimate of drug-likeness (QED) is 0.749. The molecule has 0 aromatic heterocycles. The van der Waals surface area contributed by atoms with Crippen LogP contribution in [-0.4, -0.2) is 57.0 Å². The lowest BCUT2D eigenvalue weighted by atomic mass is 10.3. The number of carbonyl (C=O) groups excluding carboxylic acids is 2. The molecule has 1 atom stereocenters. The monoisotopic (exact) mass is 370 g/mol. The molecule has 0 aliphatic carbocycles. The predicted octanol–water partition coefficient (Wildman–Crippen LogP) is 0.988. The van der Waals surface area contributed by atoms with Crippen molar-refractivity contribution in [1.82, 2.24) is 4.31 Å². The maximum Gasteiger partial charge on any atom is 0.306 e. The maximum absolute atomic E-state index is 12.5. The van der Waals surface area contributed by atoms with Crippen molar-refractivity contribution in [2.24, 2.45) is 0 Å². The number of ether oxygens (including phenoxy) is 2. The van der Waals surface area contributed by atoms with Gasteiger partial charge in [0.25, 0.3) is 5.91 Å². The molecule has 1 aromatic rings. The van der Waals surface area contributed by atoms with E-state index >= 15 is 0 Å². The van der Waals surface area contributed by atoms with Crippen LogP contribution in [0.1, 0.15) is 20.3 Å². The lowest BCUT2D eigenvalue weighted by molar-refractivity contribution is -0.152. The first-order valence-electron chi connectivity index (χ1n) is 8.03.